The van der Waals surface area contributed by atoms with Crippen molar-refractivity contribution in [2.45, 2.75) is 13.0 Å². The molecule has 0 bridgehead atoms. The van der Waals surface area contributed by atoms with E-state index in [-0.39, 0.29) is 12.5 Å². The molecule has 1 amide bonds. The number of anilines is 3. The van der Waals surface area contributed by atoms with Crippen LogP contribution in [0.1, 0.15) is 5.82 Å². The Bertz CT molecular complexity index is 1250. The molecule has 1 aliphatic rings. The van der Waals surface area contributed by atoms with Gasteiger partial charge in [0.1, 0.15) is 30.4 Å². The predicted molar refractivity (Wildman–Crippen MR) is 119 cm³/mol. The average Bonchev–Trinajstić information content (AvgIpc) is 3.26. The maximum Gasteiger partial charge on any atom is 0.269 e. The zero-order valence-electron chi connectivity index (χ0n) is 17.2. The molecule has 9 heteroatoms. The topological polar surface area (TPSA) is 103 Å². The maximum atomic E-state index is 12.6. The lowest BCUT2D eigenvalue weighted by molar-refractivity contribution is -0.125. The molecule has 1 atom stereocenters. The number of amides is 1. The first-order valence-corrected chi connectivity index (χ1v) is 10.0. The number of benzene rings is 2. The van der Waals surface area contributed by atoms with E-state index in [0.717, 1.165) is 17.3 Å². The normalized spacial score (nSPS) is 14.6. The number of imidazole rings is 1. The van der Waals surface area contributed by atoms with Crippen molar-refractivity contribution in [3.8, 4) is 17.3 Å². The SMILES string of the molecule is Cc1nccn1-c1cc(Nc2ccc(NC(=O)[C@@H]3COc4ccccc4O3)cc2)ncn1. The monoisotopic (exact) mass is 428 g/mol. The molecule has 5 rings (SSSR count). The molecule has 0 fully saturated rings. The summed E-state index contributed by atoms with van der Waals surface area (Å²) in [5.41, 5.74) is 1.47. The summed E-state index contributed by atoms with van der Waals surface area (Å²) < 4.78 is 13.2. The van der Waals surface area contributed by atoms with E-state index < -0.39 is 6.10 Å². The zero-order valence-corrected chi connectivity index (χ0v) is 17.2. The molecule has 2 N–H and O–H groups in total. The van der Waals surface area contributed by atoms with Gasteiger partial charge >= 0.3 is 0 Å². The third-order valence-corrected chi connectivity index (χ3v) is 4.95. The van der Waals surface area contributed by atoms with Gasteiger partial charge in [0.15, 0.2) is 11.5 Å². The summed E-state index contributed by atoms with van der Waals surface area (Å²) in [6.07, 6.45) is 4.35. The highest BCUT2D eigenvalue weighted by molar-refractivity contribution is 5.94. The van der Waals surface area contributed by atoms with E-state index in [9.17, 15) is 4.79 Å². The van der Waals surface area contributed by atoms with Crippen molar-refractivity contribution < 1.29 is 14.3 Å². The van der Waals surface area contributed by atoms with E-state index in [1.807, 2.05) is 54.1 Å². The van der Waals surface area contributed by atoms with Crippen molar-refractivity contribution in [1.82, 2.24) is 19.5 Å². The molecule has 0 aliphatic carbocycles. The van der Waals surface area contributed by atoms with E-state index >= 15 is 0 Å². The minimum Gasteiger partial charge on any atom is -0.485 e. The predicted octanol–water partition coefficient (Wildman–Crippen LogP) is 3.49. The average molecular weight is 428 g/mol. The summed E-state index contributed by atoms with van der Waals surface area (Å²) in [7, 11) is 0. The second-order valence-electron chi connectivity index (χ2n) is 7.16. The molecule has 2 aromatic heterocycles. The molecule has 0 radical (unpaired) electrons. The first-order chi connectivity index (χ1) is 15.7. The summed E-state index contributed by atoms with van der Waals surface area (Å²) in [5.74, 6) is 3.14. The number of nitrogens with zero attached hydrogens (tertiary/aromatic N) is 4. The molecule has 0 saturated heterocycles. The van der Waals surface area contributed by atoms with Gasteiger partial charge in [-0.25, -0.2) is 15.0 Å². The number of carbonyl (C=O) groups is 1. The van der Waals surface area contributed by atoms with Gasteiger partial charge < -0.3 is 20.1 Å². The second-order valence-corrected chi connectivity index (χ2v) is 7.16. The van der Waals surface area contributed by atoms with E-state index in [2.05, 4.69) is 25.6 Å². The van der Waals surface area contributed by atoms with Crippen LogP contribution < -0.4 is 20.1 Å². The fourth-order valence-electron chi connectivity index (χ4n) is 3.32. The quantitative estimate of drug-likeness (QED) is 0.501. The molecule has 2 aromatic carbocycles. The van der Waals surface area contributed by atoms with E-state index in [1.165, 1.54) is 6.33 Å². The van der Waals surface area contributed by atoms with Crippen molar-refractivity contribution in [3.05, 3.63) is 79.1 Å². The highest BCUT2D eigenvalue weighted by Crippen LogP contribution is 2.31. The van der Waals surface area contributed by atoms with Gasteiger partial charge in [0.05, 0.1) is 0 Å². The number of rotatable bonds is 5. The fraction of sp³-hybridized carbons (Fsp3) is 0.130. The Labute approximate surface area is 184 Å². The van der Waals surface area contributed by atoms with Gasteiger partial charge in [0, 0.05) is 29.8 Å². The molecule has 1 aliphatic heterocycles. The van der Waals surface area contributed by atoms with Gasteiger partial charge in [-0.05, 0) is 43.3 Å². The number of para-hydroxylation sites is 2. The first kappa shape index (κ1) is 19.6. The van der Waals surface area contributed by atoms with E-state index in [0.29, 0.717) is 23.0 Å². The van der Waals surface area contributed by atoms with Crippen LogP contribution in [0.5, 0.6) is 11.5 Å². The van der Waals surface area contributed by atoms with Gasteiger partial charge in [-0.1, -0.05) is 12.1 Å². The van der Waals surface area contributed by atoms with Crippen molar-refractivity contribution in [2.24, 2.45) is 0 Å². The molecule has 0 spiro atoms. The number of nitrogens with one attached hydrogen (secondary N) is 2. The fourth-order valence-corrected chi connectivity index (χ4v) is 3.32. The molecule has 0 unspecified atom stereocenters. The number of aryl methyl sites for hydroxylation is 1. The Morgan fingerprint density at radius 1 is 1.03 bits per heavy atom. The number of hydrogen-bond donors (Lipinski definition) is 2. The Hall–Kier alpha value is -4.40. The van der Waals surface area contributed by atoms with Crippen LogP contribution >= 0.6 is 0 Å². The zero-order chi connectivity index (χ0) is 21.9. The van der Waals surface area contributed by atoms with Crippen LogP contribution in [0.15, 0.2) is 73.3 Å². The lowest BCUT2D eigenvalue weighted by atomic mass is 10.2. The Balaban J connectivity index is 1.22. The molecule has 32 heavy (non-hydrogen) atoms. The summed E-state index contributed by atoms with van der Waals surface area (Å²) in [5, 5.41) is 6.10. The highest BCUT2D eigenvalue weighted by atomic mass is 16.6. The number of hydrogen-bond acceptors (Lipinski definition) is 7. The molecule has 9 nitrogen and oxygen atoms in total. The lowest BCUT2D eigenvalue weighted by Gasteiger charge is -2.25. The molecule has 0 saturated carbocycles. The smallest absolute Gasteiger partial charge is 0.269 e. The van der Waals surface area contributed by atoms with Crippen LogP contribution in [0.2, 0.25) is 0 Å². The highest BCUT2D eigenvalue weighted by Gasteiger charge is 2.27. The first-order valence-electron chi connectivity index (χ1n) is 10.0. The molecular formula is C23H20N6O3. The molecule has 3 heterocycles. The minimum absolute atomic E-state index is 0.162. The summed E-state index contributed by atoms with van der Waals surface area (Å²) in [6.45, 7) is 2.07. The number of carbonyl (C=O) groups excluding carboxylic acids is 1. The standard InChI is InChI=1S/C23H20N6O3/c1-15-24-10-11-29(15)22-12-21(25-14-26-22)27-16-6-8-17(9-7-16)28-23(30)20-13-31-18-4-2-3-5-19(18)32-20/h2-12,14,20H,13H2,1H3,(H,28,30)(H,25,26,27)/t20-/m0/s1. The van der Waals surface area contributed by atoms with Gasteiger partial charge in [0.25, 0.3) is 5.91 Å². The van der Waals surface area contributed by atoms with Crippen LogP contribution in [0.3, 0.4) is 0 Å². The summed E-state index contributed by atoms with van der Waals surface area (Å²) in [4.78, 5) is 25.4. The van der Waals surface area contributed by atoms with Crippen molar-refractivity contribution >= 4 is 23.1 Å². The van der Waals surface area contributed by atoms with Crippen LogP contribution in [-0.2, 0) is 4.79 Å². The van der Waals surface area contributed by atoms with Crippen molar-refractivity contribution in [3.63, 3.8) is 0 Å². The summed E-state index contributed by atoms with van der Waals surface area (Å²) >= 11 is 0. The van der Waals surface area contributed by atoms with Crippen molar-refractivity contribution in [1.29, 1.82) is 0 Å². The lowest BCUT2D eigenvalue weighted by Crippen LogP contribution is -2.40. The van der Waals surface area contributed by atoms with Crippen LogP contribution in [-0.4, -0.2) is 38.1 Å². The third kappa shape index (κ3) is 4.08. The van der Waals surface area contributed by atoms with E-state index in [1.54, 1.807) is 24.4 Å². The van der Waals surface area contributed by atoms with Crippen molar-refractivity contribution in [2.75, 3.05) is 17.2 Å². The maximum absolute atomic E-state index is 12.6. The van der Waals surface area contributed by atoms with Crippen LogP contribution in [0, 0.1) is 6.92 Å². The Morgan fingerprint density at radius 2 is 1.81 bits per heavy atom. The third-order valence-electron chi connectivity index (χ3n) is 4.95. The van der Waals surface area contributed by atoms with Crippen LogP contribution in [0.25, 0.3) is 5.82 Å². The number of aromatic nitrogens is 4. The van der Waals surface area contributed by atoms with Gasteiger partial charge in [-0.3, -0.25) is 9.36 Å². The summed E-state index contributed by atoms with van der Waals surface area (Å²) in [6, 6.07) is 16.4. The Morgan fingerprint density at radius 3 is 2.59 bits per heavy atom. The molecule has 160 valence electrons. The number of ether oxygens (including phenoxy) is 2. The second kappa shape index (κ2) is 8.38. The number of fused-ring (bicyclic) bond motifs is 1. The van der Waals surface area contributed by atoms with Gasteiger partial charge in [-0.2, -0.15) is 0 Å². The Kier molecular flexibility index (Phi) is 5.12. The van der Waals surface area contributed by atoms with Gasteiger partial charge in [-0.15, -0.1) is 0 Å². The van der Waals surface area contributed by atoms with Gasteiger partial charge in [0.2, 0.25) is 6.10 Å². The largest absolute Gasteiger partial charge is 0.485 e. The van der Waals surface area contributed by atoms with Crippen LogP contribution in [0.4, 0.5) is 17.2 Å². The minimum atomic E-state index is -0.714. The molecule has 4 aromatic rings. The van der Waals surface area contributed by atoms with E-state index in [4.69, 9.17) is 9.47 Å². The molecular weight excluding hydrogens is 408 g/mol.